The van der Waals surface area contributed by atoms with Gasteiger partial charge in [-0.3, -0.25) is 0 Å². The van der Waals surface area contributed by atoms with Crippen molar-refractivity contribution < 1.29 is 0 Å². The highest BCUT2D eigenvalue weighted by molar-refractivity contribution is 7.80. The van der Waals surface area contributed by atoms with Crippen molar-refractivity contribution in [3.8, 4) is 0 Å². The molecule has 104 valence electrons. The van der Waals surface area contributed by atoms with Crippen molar-refractivity contribution in [3.63, 3.8) is 0 Å². The van der Waals surface area contributed by atoms with Gasteiger partial charge in [0.05, 0.1) is 6.04 Å². The lowest BCUT2D eigenvalue weighted by Crippen LogP contribution is -2.52. The average Bonchev–Trinajstić information content (AvgIpc) is 2.42. The topological polar surface area (TPSA) is 50.1 Å². The lowest BCUT2D eigenvalue weighted by Gasteiger charge is -2.31. The molecule has 0 radical (unpaired) electrons. The van der Waals surface area contributed by atoms with Gasteiger partial charge in [-0.25, -0.2) is 0 Å². The largest absolute Gasteiger partial charge is 0.358 e. The predicted molar refractivity (Wildman–Crippen MR) is 84.0 cm³/mol. The summed E-state index contributed by atoms with van der Waals surface area (Å²) in [5.41, 5.74) is 7.36. The second-order valence-electron chi connectivity index (χ2n) is 5.30. The molecule has 1 saturated carbocycles. The van der Waals surface area contributed by atoms with E-state index in [-0.39, 0.29) is 12.1 Å². The fourth-order valence-electron chi connectivity index (χ4n) is 2.57. The van der Waals surface area contributed by atoms with Crippen LogP contribution in [-0.2, 0) is 0 Å². The Balaban J connectivity index is 1.84. The zero-order valence-corrected chi connectivity index (χ0v) is 12.2. The van der Waals surface area contributed by atoms with Gasteiger partial charge in [0.2, 0.25) is 0 Å². The van der Waals surface area contributed by atoms with E-state index in [2.05, 4.69) is 29.7 Å². The smallest absolute Gasteiger partial charge is 0.167 e. The van der Waals surface area contributed by atoms with Gasteiger partial charge in [0.15, 0.2) is 5.11 Å². The van der Waals surface area contributed by atoms with Gasteiger partial charge < -0.3 is 16.4 Å². The third-order valence-corrected chi connectivity index (χ3v) is 4.02. The second kappa shape index (κ2) is 6.87. The molecule has 1 aliphatic carbocycles. The summed E-state index contributed by atoms with van der Waals surface area (Å²) in [5, 5.41) is 7.40. The van der Waals surface area contributed by atoms with Crippen LogP contribution in [0, 0.1) is 0 Å². The molecule has 4 N–H and O–H groups in total. The normalized spacial score (nSPS) is 24.5. The first-order chi connectivity index (χ1) is 9.16. The van der Waals surface area contributed by atoms with Crippen LogP contribution >= 0.6 is 12.2 Å². The van der Waals surface area contributed by atoms with Gasteiger partial charge in [0, 0.05) is 12.1 Å². The molecule has 4 heteroatoms. The average molecular weight is 277 g/mol. The van der Waals surface area contributed by atoms with Crippen LogP contribution in [0.3, 0.4) is 0 Å². The van der Waals surface area contributed by atoms with Gasteiger partial charge in [-0.2, -0.15) is 0 Å². The zero-order chi connectivity index (χ0) is 13.7. The van der Waals surface area contributed by atoms with Crippen LogP contribution in [0.1, 0.15) is 44.2 Å². The summed E-state index contributed by atoms with van der Waals surface area (Å²) in [5.74, 6) is 0. The van der Waals surface area contributed by atoms with E-state index in [0.29, 0.717) is 11.2 Å². The number of rotatable bonds is 3. The van der Waals surface area contributed by atoms with Gasteiger partial charge in [-0.15, -0.1) is 0 Å². The molecule has 1 aromatic rings. The fourth-order valence-corrected chi connectivity index (χ4v) is 2.90. The Morgan fingerprint density at radius 3 is 2.63 bits per heavy atom. The minimum atomic E-state index is 0.209. The molecule has 1 fully saturated rings. The SMILES string of the molecule is C[C@@H](NC(=S)NC1CCCCC1N)c1ccccc1. The number of benzene rings is 1. The minimum absolute atomic E-state index is 0.209. The predicted octanol–water partition coefficient (Wildman–Crippen LogP) is 2.48. The quantitative estimate of drug-likeness (QED) is 0.743. The first-order valence-electron chi connectivity index (χ1n) is 7.04. The first-order valence-corrected chi connectivity index (χ1v) is 7.45. The Bertz CT molecular complexity index is 407. The number of nitrogens with one attached hydrogen (secondary N) is 2. The van der Waals surface area contributed by atoms with E-state index in [0.717, 1.165) is 12.8 Å². The Morgan fingerprint density at radius 1 is 1.26 bits per heavy atom. The van der Waals surface area contributed by atoms with Crippen LogP contribution in [0.25, 0.3) is 0 Å². The van der Waals surface area contributed by atoms with Gasteiger partial charge >= 0.3 is 0 Å². The standard InChI is InChI=1S/C15H23N3S/c1-11(12-7-3-2-4-8-12)17-15(19)18-14-10-6-5-9-13(14)16/h2-4,7-8,11,13-14H,5-6,9-10,16H2,1H3,(H2,17,18,19)/t11-,13?,14?/m1/s1. The number of thiocarbonyl (C=S) groups is 1. The zero-order valence-electron chi connectivity index (χ0n) is 11.4. The highest BCUT2D eigenvalue weighted by Crippen LogP contribution is 2.17. The molecule has 0 heterocycles. The Labute approximate surface area is 121 Å². The van der Waals surface area contributed by atoms with E-state index in [1.807, 2.05) is 18.2 Å². The highest BCUT2D eigenvalue weighted by atomic mass is 32.1. The van der Waals surface area contributed by atoms with E-state index < -0.39 is 0 Å². The summed E-state index contributed by atoms with van der Waals surface area (Å²) in [4.78, 5) is 0. The summed E-state index contributed by atoms with van der Waals surface area (Å²) < 4.78 is 0. The van der Waals surface area contributed by atoms with Crippen LogP contribution in [0.15, 0.2) is 30.3 Å². The van der Waals surface area contributed by atoms with Crippen molar-refractivity contribution >= 4 is 17.3 Å². The summed E-state index contributed by atoms with van der Waals surface area (Å²) in [6.07, 6.45) is 4.68. The van der Waals surface area contributed by atoms with E-state index in [1.165, 1.54) is 18.4 Å². The first kappa shape index (κ1) is 14.3. The van der Waals surface area contributed by atoms with Gasteiger partial charge in [0.25, 0.3) is 0 Å². The molecule has 0 spiro atoms. The van der Waals surface area contributed by atoms with Crippen LogP contribution in [0.5, 0.6) is 0 Å². The molecule has 0 aliphatic heterocycles. The molecule has 3 atom stereocenters. The second-order valence-corrected chi connectivity index (χ2v) is 5.71. The Hall–Kier alpha value is -1.13. The van der Waals surface area contributed by atoms with Crippen LogP contribution < -0.4 is 16.4 Å². The monoisotopic (exact) mass is 277 g/mol. The number of nitrogens with two attached hydrogens (primary N) is 1. The van der Waals surface area contributed by atoms with Crippen LogP contribution in [0.2, 0.25) is 0 Å². The highest BCUT2D eigenvalue weighted by Gasteiger charge is 2.22. The molecule has 2 rings (SSSR count). The fraction of sp³-hybridized carbons (Fsp3) is 0.533. The molecule has 0 saturated heterocycles. The van der Waals surface area contributed by atoms with Crippen LogP contribution in [-0.4, -0.2) is 17.2 Å². The lowest BCUT2D eigenvalue weighted by atomic mass is 9.91. The van der Waals surface area contributed by atoms with Crippen molar-refractivity contribution in [3.05, 3.63) is 35.9 Å². The van der Waals surface area contributed by atoms with E-state index in [1.54, 1.807) is 0 Å². The Kier molecular flexibility index (Phi) is 5.16. The molecule has 0 aromatic heterocycles. The molecule has 19 heavy (non-hydrogen) atoms. The van der Waals surface area contributed by atoms with Crippen molar-refractivity contribution in [1.82, 2.24) is 10.6 Å². The molecule has 2 unspecified atom stereocenters. The maximum atomic E-state index is 6.12. The van der Waals surface area contributed by atoms with Crippen molar-refractivity contribution in [1.29, 1.82) is 0 Å². The van der Waals surface area contributed by atoms with Crippen molar-refractivity contribution in [2.75, 3.05) is 0 Å². The Morgan fingerprint density at radius 2 is 1.95 bits per heavy atom. The van der Waals surface area contributed by atoms with E-state index in [4.69, 9.17) is 18.0 Å². The third-order valence-electron chi connectivity index (χ3n) is 3.78. The maximum Gasteiger partial charge on any atom is 0.167 e. The molecule has 3 nitrogen and oxygen atoms in total. The molecule has 1 aromatic carbocycles. The molecule has 1 aliphatic rings. The molecular formula is C15H23N3S. The number of hydrogen-bond acceptors (Lipinski definition) is 2. The summed E-state index contributed by atoms with van der Waals surface area (Å²) in [7, 11) is 0. The molecule has 0 amide bonds. The minimum Gasteiger partial charge on any atom is -0.358 e. The number of hydrogen-bond donors (Lipinski definition) is 3. The lowest BCUT2D eigenvalue weighted by molar-refractivity contribution is 0.358. The van der Waals surface area contributed by atoms with Crippen LogP contribution in [0.4, 0.5) is 0 Å². The van der Waals surface area contributed by atoms with Crippen molar-refractivity contribution in [2.45, 2.75) is 50.7 Å². The summed E-state index contributed by atoms with van der Waals surface area (Å²) in [6, 6.07) is 11.1. The van der Waals surface area contributed by atoms with Crippen molar-refractivity contribution in [2.24, 2.45) is 5.73 Å². The van der Waals surface area contributed by atoms with Gasteiger partial charge in [0.1, 0.15) is 0 Å². The third kappa shape index (κ3) is 4.18. The van der Waals surface area contributed by atoms with E-state index >= 15 is 0 Å². The molecule has 0 bridgehead atoms. The maximum absolute atomic E-state index is 6.12. The van der Waals surface area contributed by atoms with E-state index in [9.17, 15) is 0 Å². The van der Waals surface area contributed by atoms with Gasteiger partial charge in [-0.1, -0.05) is 43.2 Å². The summed E-state index contributed by atoms with van der Waals surface area (Å²) >= 11 is 5.39. The summed E-state index contributed by atoms with van der Waals surface area (Å²) in [6.45, 7) is 2.12. The molecular weight excluding hydrogens is 254 g/mol. The van der Waals surface area contributed by atoms with Gasteiger partial charge in [-0.05, 0) is 37.5 Å².